The molecule has 0 aliphatic carbocycles. The number of rotatable bonds is 3. The Labute approximate surface area is 102 Å². The molecular weight excluding hydrogens is 238 g/mol. The van der Waals surface area contributed by atoms with E-state index in [4.69, 9.17) is 5.84 Å². The molecule has 0 fully saturated rings. The van der Waals surface area contributed by atoms with Gasteiger partial charge in [-0.05, 0) is 19.1 Å². The molecule has 88 valence electrons. The Morgan fingerprint density at radius 2 is 2.35 bits per heavy atom. The summed E-state index contributed by atoms with van der Waals surface area (Å²) >= 11 is 1.38. The molecule has 0 aromatic carbocycles. The first-order chi connectivity index (χ1) is 8.19. The summed E-state index contributed by atoms with van der Waals surface area (Å²) in [6.45, 7) is 1.87. The average molecular weight is 249 g/mol. The van der Waals surface area contributed by atoms with Crippen molar-refractivity contribution >= 4 is 28.2 Å². The Hall–Kier alpha value is -1.99. The molecule has 0 radical (unpaired) electrons. The zero-order valence-corrected chi connectivity index (χ0v) is 9.91. The van der Waals surface area contributed by atoms with Crippen LogP contribution in [0, 0.1) is 6.92 Å². The number of hydrazine groups is 1. The maximum absolute atomic E-state index is 11.9. The van der Waals surface area contributed by atoms with E-state index in [1.165, 1.54) is 17.5 Å². The lowest BCUT2D eigenvalue weighted by atomic mass is 10.2. The second-order valence-electron chi connectivity index (χ2n) is 3.32. The fourth-order valence-electron chi connectivity index (χ4n) is 1.23. The molecule has 1 amide bonds. The van der Waals surface area contributed by atoms with Crippen molar-refractivity contribution in [2.75, 3.05) is 10.7 Å². The number of anilines is 2. The minimum Gasteiger partial charge on any atom is -0.308 e. The number of hydrogen-bond donors (Lipinski definition) is 3. The Bertz CT molecular complexity index is 539. The van der Waals surface area contributed by atoms with E-state index in [-0.39, 0.29) is 5.91 Å². The topological polar surface area (TPSA) is 92.9 Å². The third-order valence-electron chi connectivity index (χ3n) is 2.01. The Morgan fingerprint density at radius 3 is 3.00 bits per heavy atom. The number of carbonyl (C=O) groups is 1. The molecule has 0 bridgehead atoms. The Kier molecular flexibility index (Phi) is 3.31. The van der Waals surface area contributed by atoms with Crippen LogP contribution < -0.4 is 16.6 Å². The van der Waals surface area contributed by atoms with E-state index in [1.54, 1.807) is 12.1 Å². The number of nitrogens with zero attached hydrogens (tertiary/aromatic N) is 2. The van der Waals surface area contributed by atoms with Gasteiger partial charge in [0.05, 0.1) is 5.69 Å². The van der Waals surface area contributed by atoms with Crippen molar-refractivity contribution in [1.82, 2.24) is 9.97 Å². The number of carbonyl (C=O) groups excluding carboxylic acids is 1. The number of nitrogens with two attached hydrogens (primary N) is 1. The largest absolute Gasteiger partial charge is 0.308 e. The number of nitrogens with one attached hydrogen (secondary N) is 2. The minimum atomic E-state index is -0.238. The highest BCUT2D eigenvalue weighted by Crippen LogP contribution is 2.16. The van der Waals surface area contributed by atoms with Gasteiger partial charge in [0.2, 0.25) is 0 Å². The number of nitrogen functional groups attached to an aromatic ring is 1. The molecule has 7 heteroatoms. The van der Waals surface area contributed by atoms with Gasteiger partial charge in [-0.15, -0.1) is 11.3 Å². The van der Waals surface area contributed by atoms with Crippen LogP contribution >= 0.6 is 11.3 Å². The van der Waals surface area contributed by atoms with Gasteiger partial charge in [0, 0.05) is 17.1 Å². The van der Waals surface area contributed by atoms with Crippen molar-refractivity contribution in [3.63, 3.8) is 0 Å². The van der Waals surface area contributed by atoms with Crippen LogP contribution in [-0.2, 0) is 0 Å². The zero-order chi connectivity index (χ0) is 12.3. The maximum atomic E-state index is 11.9. The highest BCUT2D eigenvalue weighted by molar-refractivity contribution is 7.13. The van der Waals surface area contributed by atoms with Crippen molar-refractivity contribution in [3.05, 3.63) is 35.0 Å². The van der Waals surface area contributed by atoms with Crippen molar-refractivity contribution in [3.8, 4) is 0 Å². The molecule has 0 aliphatic rings. The van der Waals surface area contributed by atoms with Gasteiger partial charge < -0.3 is 5.43 Å². The predicted octanol–water partition coefficient (Wildman–Crippen LogP) is 1.38. The van der Waals surface area contributed by atoms with E-state index in [2.05, 4.69) is 20.7 Å². The van der Waals surface area contributed by atoms with Gasteiger partial charge >= 0.3 is 0 Å². The highest BCUT2D eigenvalue weighted by atomic mass is 32.1. The zero-order valence-electron chi connectivity index (χ0n) is 9.10. The smallest absolute Gasteiger partial charge is 0.257 e. The van der Waals surface area contributed by atoms with Crippen LogP contribution in [0.5, 0.6) is 0 Å². The van der Waals surface area contributed by atoms with Gasteiger partial charge in [0.1, 0.15) is 5.82 Å². The molecule has 2 rings (SSSR count). The summed E-state index contributed by atoms with van der Waals surface area (Å²) in [5.41, 5.74) is 3.74. The van der Waals surface area contributed by atoms with E-state index in [9.17, 15) is 4.79 Å². The van der Waals surface area contributed by atoms with E-state index < -0.39 is 0 Å². The van der Waals surface area contributed by atoms with Crippen molar-refractivity contribution in [2.45, 2.75) is 6.92 Å². The molecule has 0 spiro atoms. The number of pyridine rings is 1. The van der Waals surface area contributed by atoms with E-state index in [1.807, 2.05) is 12.3 Å². The molecule has 2 heterocycles. The summed E-state index contributed by atoms with van der Waals surface area (Å²) in [7, 11) is 0. The lowest BCUT2D eigenvalue weighted by Gasteiger charge is -2.03. The second-order valence-corrected chi connectivity index (χ2v) is 4.18. The fraction of sp³-hybridized carbons (Fsp3) is 0.100. The maximum Gasteiger partial charge on any atom is 0.257 e. The predicted molar refractivity (Wildman–Crippen MR) is 66.9 cm³/mol. The monoisotopic (exact) mass is 249 g/mol. The highest BCUT2D eigenvalue weighted by Gasteiger charge is 2.08. The summed E-state index contributed by atoms with van der Waals surface area (Å²) < 4.78 is 0. The van der Waals surface area contributed by atoms with Gasteiger partial charge in [-0.3, -0.25) is 10.1 Å². The number of amides is 1. The SMILES string of the molecule is Cc1csc(NC(=O)c2ccnc(NN)c2)n1. The van der Waals surface area contributed by atoms with Gasteiger partial charge in [-0.2, -0.15) is 0 Å². The van der Waals surface area contributed by atoms with Crippen LogP contribution in [0.3, 0.4) is 0 Å². The summed E-state index contributed by atoms with van der Waals surface area (Å²) in [5.74, 6) is 5.42. The molecule has 6 nitrogen and oxygen atoms in total. The first-order valence-electron chi connectivity index (χ1n) is 4.85. The van der Waals surface area contributed by atoms with Crippen LogP contribution in [-0.4, -0.2) is 15.9 Å². The van der Waals surface area contributed by atoms with Crippen molar-refractivity contribution in [1.29, 1.82) is 0 Å². The Balaban J connectivity index is 2.14. The molecule has 0 saturated heterocycles. The van der Waals surface area contributed by atoms with Gasteiger partial charge in [0.25, 0.3) is 5.91 Å². The fourth-order valence-corrected chi connectivity index (χ4v) is 1.91. The van der Waals surface area contributed by atoms with Gasteiger partial charge in [-0.1, -0.05) is 0 Å². The van der Waals surface area contributed by atoms with E-state index >= 15 is 0 Å². The van der Waals surface area contributed by atoms with E-state index in [0.29, 0.717) is 16.5 Å². The van der Waals surface area contributed by atoms with E-state index in [0.717, 1.165) is 5.69 Å². The molecule has 2 aromatic heterocycles. The summed E-state index contributed by atoms with van der Waals surface area (Å²) in [4.78, 5) is 19.9. The lowest BCUT2D eigenvalue weighted by Crippen LogP contribution is -2.14. The second kappa shape index (κ2) is 4.89. The van der Waals surface area contributed by atoms with Crippen LogP contribution in [0.2, 0.25) is 0 Å². The van der Waals surface area contributed by atoms with Crippen LogP contribution in [0.15, 0.2) is 23.7 Å². The molecule has 0 saturated carbocycles. The summed E-state index contributed by atoms with van der Waals surface area (Å²) in [6, 6.07) is 3.17. The van der Waals surface area contributed by atoms with Crippen LogP contribution in [0.4, 0.5) is 10.9 Å². The number of thiazole rings is 1. The van der Waals surface area contributed by atoms with Crippen molar-refractivity contribution < 1.29 is 4.79 Å². The quantitative estimate of drug-likeness (QED) is 0.564. The van der Waals surface area contributed by atoms with Crippen LogP contribution in [0.25, 0.3) is 0 Å². The van der Waals surface area contributed by atoms with Gasteiger partial charge in [0.15, 0.2) is 5.13 Å². The molecule has 17 heavy (non-hydrogen) atoms. The standard InChI is InChI=1S/C10H11N5OS/c1-6-5-17-10(13-6)14-9(16)7-2-3-12-8(4-7)15-11/h2-5H,11H2,1H3,(H,12,15)(H,13,14,16). The number of aromatic nitrogens is 2. The molecule has 4 N–H and O–H groups in total. The molecule has 2 aromatic rings. The molecule has 0 aliphatic heterocycles. The normalized spacial score (nSPS) is 10.0. The van der Waals surface area contributed by atoms with Crippen LogP contribution in [0.1, 0.15) is 16.1 Å². The number of hydrogen-bond acceptors (Lipinski definition) is 6. The molecule has 0 atom stereocenters. The lowest BCUT2D eigenvalue weighted by molar-refractivity contribution is 0.102. The number of aryl methyl sites for hydroxylation is 1. The molecule has 0 unspecified atom stereocenters. The van der Waals surface area contributed by atoms with Gasteiger partial charge in [-0.25, -0.2) is 15.8 Å². The average Bonchev–Trinajstić information content (AvgIpc) is 2.75. The third-order valence-corrected chi connectivity index (χ3v) is 2.89. The molecular formula is C10H11N5OS. The summed E-state index contributed by atoms with van der Waals surface area (Å²) in [6.07, 6.45) is 1.51. The minimum absolute atomic E-state index is 0.238. The van der Waals surface area contributed by atoms with Crippen molar-refractivity contribution in [2.24, 2.45) is 5.84 Å². The summed E-state index contributed by atoms with van der Waals surface area (Å²) in [5, 5.41) is 5.15. The first kappa shape index (κ1) is 11.5. The Morgan fingerprint density at radius 1 is 1.53 bits per heavy atom. The first-order valence-corrected chi connectivity index (χ1v) is 5.73. The third kappa shape index (κ3) is 2.77.